The molecule has 3 atom stereocenters. The largest absolute Gasteiger partial charge is 0.368 e. The molecule has 5 rings (SSSR count). The Labute approximate surface area is 217 Å². The van der Waals surface area contributed by atoms with Gasteiger partial charge in [0.05, 0.1) is 21.9 Å². The van der Waals surface area contributed by atoms with E-state index in [0.29, 0.717) is 27.5 Å². The van der Waals surface area contributed by atoms with Crippen molar-refractivity contribution >= 4 is 49.9 Å². The smallest absolute Gasteiger partial charge is 0.257 e. The summed E-state index contributed by atoms with van der Waals surface area (Å²) in [6, 6.07) is 7.09. The van der Waals surface area contributed by atoms with Crippen molar-refractivity contribution in [2.45, 2.75) is 44.9 Å². The van der Waals surface area contributed by atoms with Crippen molar-refractivity contribution in [3.63, 3.8) is 0 Å². The molecule has 1 fully saturated rings. The minimum Gasteiger partial charge on any atom is -0.368 e. The van der Waals surface area contributed by atoms with E-state index in [2.05, 4.69) is 44.4 Å². The first-order valence-corrected chi connectivity index (χ1v) is 13.8. The number of amides is 1. The number of halogens is 1. The maximum atomic E-state index is 14.5. The van der Waals surface area contributed by atoms with Crippen LogP contribution in [0.5, 0.6) is 0 Å². The van der Waals surface area contributed by atoms with Crippen LogP contribution < -0.4 is 15.5 Å². The maximum absolute atomic E-state index is 14.5. The van der Waals surface area contributed by atoms with E-state index in [4.69, 9.17) is 0 Å². The van der Waals surface area contributed by atoms with E-state index >= 15 is 0 Å². The lowest BCUT2D eigenvalue weighted by Crippen LogP contribution is -2.54. The minimum atomic E-state index is -1.42. The second-order valence-corrected chi connectivity index (χ2v) is 10.3. The summed E-state index contributed by atoms with van der Waals surface area (Å²) in [7, 11) is 0.288. The predicted molar refractivity (Wildman–Crippen MR) is 146 cm³/mol. The fraction of sp³-hybridized carbons (Fsp3) is 0.385. The number of hydrogen-bond acceptors (Lipinski definition) is 7. The molecule has 2 aromatic carbocycles. The molecule has 2 aromatic heterocycles. The van der Waals surface area contributed by atoms with Gasteiger partial charge in [-0.05, 0) is 38.1 Å². The number of carbonyl (C=O) groups is 1. The molecule has 1 amide bonds. The third kappa shape index (κ3) is 5.47. The number of aromatic nitrogens is 4. The van der Waals surface area contributed by atoms with Gasteiger partial charge in [-0.25, -0.2) is 14.4 Å². The maximum Gasteiger partial charge on any atom is 0.257 e. The highest BCUT2D eigenvalue weighted by Crippen LogP contribution is 2.31. The highest BCUT2D eigenvalue weighted by atomic mass is 32.2. The molecule has 1 aliphatic rings. The van der Waals surface area contributed by atoms with Crippen molar-refractivity contribution in [2.75, 3.05) is 29.6 Å². The number of piperazine rings is 1. The number of nitrogens with zero attached hydrogens (tertiary/aromatic N) is 5. The van der Waals surface area contributed by atoms with Gasteiger partial charge in [0.25, 0.3) is 5.91 Å². The molecule has 1 saturated heterocycles. The Balaban J connectivity index is 0.00000156. The van der Waals surface area contributed by atoms with E-state index in [9.17, 15) is 13.4 Å². The zero-order chi connectivity index (χ0) is 26.9. The number of benzene rings is 2. The molecule has 0 spiro atoms. The van der Waals surface area contributed by atoms with E-state index in [-0.39, 0.29) is 22.8 Å². The summed E-state index contributed by atoms with van der Waals surface area (Å²) in [5.74, 6) is -0.968. The topological polar surface area (TPSA) is 105 Å². The van der Waals surface area contributed by atoms with Gasteiger partial charge in [0.15, 0.2) is 5.82 Å². The normalized spacial score (nSPS) is 18.4. The second-order valence-electron chi connectivity index (χ2n) is 9.03. The van der Waals surface area contributed by atoms with Crippen LogP contribution in [0.1, 0.15) is 38.1 Å². The predicted octanol–water partition coefficient (Wildman–Crippen LogP) is 3.86. The van der Waals surface area contributed by atoms with Crippen molar-refractivity contribution < 1.29 is 13.4 Å². The van der Waals surface area contributed by atoms with Crippen LogP contribution in [0.25, 0.3) is 21.8 Å². The SMILES string of the molecule is CC.CC1CN(c2ccc(C(=O)Nc3cc(F)c4nn(C)cc4c3)c3nc(S(C)=O)ncc23)CC(C)N1. The molecule has 2 N–H and O–H groups in total. The first-order chi connectivity index (χ1) is 17.7. The van der Waals surface area contributed by atoms with Crippen LogP contribution in [0, 0.1) is 5.82 Å². The van der Waals surface area contributed by atoms with Crippen LogP contribution in [0.4, 0.5) is 15.8 Å². The van der Waals surface area contributed by atoms with Gasteiger partial charge in [-0.2, -0.15) is 5.10 Å². The molecule has 0 bridgehead atoms. The van der Waals surface area contributed by atoms with E-state index in [1.54, 1.807) is 31.6 Å². The van der Waals surface area contributed by atoms with Gasteiger partial charge in [0.1, 0.15) is 5.52 Å². The molecule has 11 heteroatoms. The molecule has 4 aromatic rings. The number of hydrogen-bond donors (Lipinski definition) is 2. The van der Waals surface area contributed by atoms with E-state index in [1.807, 2.05) is 19.9 Å². The van der Waals surface area contributed by atoms with Crippen molar-refractivity contribution in [3.8, 4) is 0 Å². The van der Waals surface area contributed by atoms with Gasteiger partial charge in [0.2, 0.25) is 5.16 Å². The molecule has 196 valence electrons. The van der Waals surface area contributed by atoms with Gasteiger partial charge in [0, 0.05) is 73.0 Å². The van der Waals surface area contributed by atoms with Crippen LogP contribution in [-0.4, -0.2) is 61.3 Å². The van der Waals surface area contributed by atoms with Crippen LogP contribution in [0.15, 0.2) is 41.8 Å². The Morgan fingerprint density at radius 1 is 1.16 bits per heavy atom. The quantitative estimate of drug-likeness (QED) is 0.390. The first kappa shape index (κ1) is 26.6. The number of fused-ring (bicyclic) bond motifs is 2. The molecular weight excluding hydrogens is 493 g/mol. The molecule has 3 unspecified atom stereocenters. The molecule has 1 aliphatic heterocycles. The summed E-state index contributed by atoms with van der Waals surface area (Å²) >= 11 is 0. The van der Waals surface area contributed by atoms with Crippen molar-refractivity contribution in [3.05, 3.63) is 48.0 Å². The van der Waals surface area contributed by atoms with Crippen molar-refractivity contribution in [1.82, 2.24) is 25.1 Å². The average Bonchev–Trinajstić information content (AvgIpc) is 3.24. The fourth-order valence-corrected chi connectivity index (χ4v) is 5.11. The van der Waals surface area contributed by atoms with Crippen molar-refractivity contribution in [2.24, 2.45) is 7.05 Å². The van der Waals surface area contributed by atoms with Gasteiger partial charge in [-0.15, -0.1) is 0 Å². The number of aryl methyl sites for hydroxylation is 1. The Morgan fingerprint density at radius 2 is 1.86 bits per heavy atom. The Bertz CT molecular complexity index is 1480. The lowest BCUT2D eigenvalue weighted by Gasteiger charge is -2.38. The molecule has 3 heterocycles. The highest BCUT2D eigenvalue weighted by Gasteiger charge is 2.25. The summed E-state index contributed by atoms with van der Waals surface area (Å²) in [4.78, 5) is 24.4. The molecular formula is C26H32FN7O2S. The molecule has 9 nitrogen and oxygen atoms in total. The molecule has 37 heavy (non-hydrogen) atoms. The number of rotatable bonds is 4. The highest BCUT2D eigenvalue weighted by molar-refractivity contribution is 7.84. The molecule has 0 saturated carbocycles. The Hall–Kier alpha value is -3.44. The number of nitrogens with one attached hydrogen (secondary N) is 2. The Morgan fingerprint density at radius 3 is 2.54 bits per heavy atom. The zero-order valence-corrected chi connectivity index (χ0v) is 22.7. The summed E-state index contributed by atoms with van der Waals surface area (Å²) in [6.07, 6.45) is 4.81. The van der Waals surface area contributed by atoms with Crippen molar-refractivity contribution in [1.29, 1.82) is 0 Å². The summed E-state index contributed by atoms with van der Waals surface area (Å²) in [6.45, 7) is 9.83. The first-order valence-electron chi connectivity index (χ1n) is 12.3. The standard InChI is InChI=1S/C24H26FN7O2S.C2H6/c1-13-10-32(11-14(2)27-13)20-6-5-17(22-18(20)9-26-24(29-22)35(4)34)23(33)28-16-7-15-12-31(3)30-21(15)19(25)8-16;1-2/h5-9,12-14,27H,10-11H2,1-4H3,(H,28,33);1-2H3. The summed E-state index contributed by atoms with van der Waals surface area (Å²) in [5, 5.41) is 11.8. The van der Waals surface area contributed by atoms with Crippen LogP contribution in [0.2, 0.25) is 0 Å². The van der Waals surface area contributed by atoms with Crippen LogP contribution in [0.3, 0.4) is 0 Å². The zero-order valence-electron chi connectivity index (χ0n) is 21.9. The van der Waals surface area contributed by atoms with Gasteiger partial charge in [-0.3, -0.25) is 13.7 Å². The summed E-state index contributed by atoms with van der Waals surface area (Å²) in [5.41, 5.74) is 2.15. The minimum absolute atomic E-state index is 0.147. The van der Waals surface area contributed by atoms with Gasteiger partial charge >= 0.3 is 0 Å². The fourth-order valence-electron chi connectivity index (χ4n) is 4.69. The Kier molecular flexibility index (Phi) is 7.84. The molecule has 0 aliphatic carbocycles. The second kappa shape index (κ2) is 10.9. The molecule has 0 radical (unpaired) electrons. The van der Waals surface area contributed by atoms with E-state index < -0.39 is 22.5 Å². The van der Waals surface area contributed by atoms with E-state index in [1.165, 1.54) is 17.0 Å². The van der Waals surface area contributed by atoms with E-state index in [0.717, 1.165) is 18.8 Å². The lowest BCUT2D eigenvalue weighted by atomic mass is 10.0. The number of carbonyl (C=O) groups excluding carboxylic acids is 1. The van der Waals surface area contributed by atoms with Gasteiger partial charge in [-0.1, -0.05) is 13.8 Å². The monoisotopic (exact) mass is 525 g/mol. The van der Waals surface area contributed by atoms with Crippen LogP contribution >= 0.6 is 0 Å². The third-order valence-corrected chi connectivity index (χ3v) is 6.75. The lowest BCUT2D eigenvalue weighted by molar-refractivity contribution is 0.102. The van der Waals surface area contributed by atoms with Gasteiger partial charge < -0.3 is 15.5 Å². The summed E-state index contributed by atoms with van der Waals surface area (Å²) < 4.78 is 28.2. The average molecular weight is 526 g/mol. The van der Waals surface area contributed by atoms with Crippen LogP contribution in [-0.2, 0) is 17.8 Å². The third-order valence-electron chi connectivity index (χ3n) is 6.04. The number of anilines is 2.